The van der Waals surface area contributed by atoms with Crippen molar-refractivity contribution in [2.45, 2.75) is 37.6 Å². The monoisotopic (exact) mass is 556 g/mol. The minimum Gasteiger partial charge on any atom is -0.282 e. The van der Waals surface area contributed by atoms with E-state index in [1.54, 1.807) is 11.1 Å². The fourth-order valence-electron chi connectivity index (χ4n) is 4.54. The normalized spacial score (nSPS) is 15.1. The van der Waals surface area contributed by atoms with E-state index < -0.39 is 27.6 Å². The fraction of sp³-hybridized carbons (Fsp3) is 0.296. The lowest BCUT2D eigenvalue weighted by atomic mass is 9.96. The van der Waals surface area contributed by atoms with Gasteiger partial charge in [-0.3, -0.25) is 14.7 Å². The summed E-state index contributed by atoms with van der Waals surface area (Å²) in [7, 11) is -4.01. The van der Waals surface area contributed by atoms with E-state index in [1.165, 1.54) is 21.2 Å². The molecule has 0 saturated carbocycles. The number of pyridine rings is 1. The Morgan fingerprint density at radius 2 is 1.87 bits per heavy atom. The molecule has 0 aliphatic carbocycles. The van der Waals surface area contributed by atoms with E-state index >= 15 is 0 Å². The quantitative estimate of drug-likeness (QED) is 0.314. The zero-order valence-electron chi connectivity index (χ0n) is 20.7. The molecule has 0 spiro atoms. The van der Waals surface area contributed by atoms with Crippen LogP contribution in [0.1, 0.15) is 31.0 Å². The minimum atomic E-state index is -4.01. The van der Waals surface area contributed by atoms with E-state index in [1.807, 2.05) is 30.3 Å². The molecule has 0 N–H and O–H groups in total. The molecule has 5 rings (SSSR count). The molecule has 2 aromatic carbocycles. The predicted molar refractivity (Wildman–Crippen MR) is 142 cm³/mol. The summed E-state index contributed by atoms with van der Waals surface area (Å²) in [6.45, 7) is 2.51. The average molecular weight is 557 g/mol. The number of nitrogens with zero attached hydrogens (tertiary/aromatic N) is 4. The van der Waals surface area contributed by atoms with Crippen molar-refractivity contribution >= 4 is 42.6 Å². The molecule has 2 aromatic heterocycles. The average Bonchev–Trinajstić information content (AvgIpc) is 3.36. The molecule has 1 fully saturated rings. The van der Waals surface area contributed by atoms with E-state index in [2.05, 4.69) is 18.0 Å². The number of hydrogen-bond acceptors (Lipinski definition) is 6. The number of aromatic nitrogens is 2. The lowest BCUT2D eigenvalue weighted by Gasteiger charge is -2.33. The van der Waals surface area contributed by atoms with Crippen LogP contribution in [0.25, 0.3) is 10.2 Å². The molecule has 0 bridgehead atoms. The summed E-state index contributed by atoms with van der Waals surface area (Å²) in [5.74, 6) is -2.89. The van der Waals surface area contributed by atoms with Crippen molar-refractivity contribution in [1.82, 2.24) is 14.3 Å². The molecule has 1 aliphatic heterocycles. The standard InChI is InChI=1S/C27H26F2N4O3S2/c1-2-18-6-9-24-25(15-18)37-27(31-24)33(17-20-5-3-4-12-30-20)26(34)19-10-13-32(14-11-19)38(35,36)21-7-8-22(28)23(29)16-21/h3-9,12,15-16,19H,2,10-11,13-14,17H2,1H3. The Labute approximate surface area is 223 Å². The highest BCUT2D eigenvalue weighted by molar-refractivity contribution is 7.89. The zero-order chi connectivity index (χ0) is 26.9. The van der Waals surface area contributed by atoms with Gasteiger partial charge in [0.2, 0.25) is 15.9 Å². The first-order valence-electron chi connectivity index (χ1n) is 12.3. The molecule has 0 unspecified atom stereocenters. The number of benzene rings is 2. The van der Waals surface area contributed by atoms with E-state index in [0.29, 0.717) is 29.7 Å². The molecule has 4 aromatic rings. The topological polar surface area (TPSA) is 83.5 Å². The first-order valence-corrected chi connectivity index (χ1v) is 14.6. The molecule has 198 valence electrons. The smallest absolute Gasteiger partial charge is 0.243 e. The number of hydrogen-bond donors (Lipinski definition) is 0. The number of rotatable bonds is 7. The van der Waals surface area contributed by atoms with Crippen molar-refractivity contribution < 1.29 is 22.0 Å². The highest BCUT2D eigenvalue weighted by atomic mass is 32.2. The molecule has 38 heavy (non-hydrogen) atoms. The van der Waals surface area contributed by atoms with Crippen molar-refractivity contribution in [2.75, 3.05) is 18.0 Å². The Kier molecular flexibility index (Phi) is 7.51. The molecule has 11 heteroatoms. The third kappa shape index (κ3) is 5.31. The number of carbonyl (C=O) groups is 1. The number of fused-ring (bicyclic) bond motifs is 1. The fourth-order valence-corrected chi connectivity index (χ4v) is 7.05. The molecule has 3 heterocycles. The number of piperidine rings is 1. The van der Waals surface area contributed by atoms with Gasteiger partial charge in [0.15, 0.2) is 16.8 Å². The third-order valence-electron chi connectivity index (χ3n) is 6.73. The van der Waals surface area contributed by atoms with E-state index in [4.69, 9.17) is 4.98 Å². The van der Waals surface area contributed by atoms with Gasteiger partial charge in [0.05, 0.1) is 27.4 Å². The van der Waals surface area contributed by atoms with Crippen LogP contribution in [-0.2, 0) is 27.8 Å². The first kappa shape index (κ1) is 26.3. The Morgan fingerprint density at radius 3 is 2.55 bits per heavy atom. The van der Waals surface area contributed by atoms with Crippen molar-refractivity contribution in [3.63, 3.8) is 0 Å². The maximum atomic E-state index is 13.8. The van der Waals surface area contributed by atoms with Gasteiger partial charge in [0, 0.05) is 25.2 Å². The lowest BCUT2D eigenvalue weighted by molar-refractivity contribution is -0.123. The van der Waals surface area contributed by atoms with Crippen LogP contribution >= 0.6 is 11.3 Å². The third-order valence-corrected chi connectivity index (χ3v) is 9.66. The van der Waals surface area contributed by atoms with Crippen molar-refractivity contribution in [1.29, 1.82) is 0 Å². The van der Waals surface area contributed by atoms with Crippen LogP contribution < -0.4 is 4.90 Å². The van der Waals surface area contributed by atoms with Crippen LogP contribution in [0.3, 0.4) is 0 Å². The maximum Gasteiger partial charge on any atom is 0.243 e. The summed E-state index contributed by atoms with van der Waals surface area (Å²) < 4.78 is 55.2. The minimum absolute atomic E-state index is 0.0921. The van der Waals surface area contributed by atoms with Crippen LogP contribution in [0, 0.1) is 17.6 Å². The van der Waals surface area contributed by atoms with Crippen LogP contribution in [0.5, 0.6) is 0 Å². The SMILES string of the molecule is CCc1ccc2nc(N(Cc3ccccn3)C(=O)C3CCN(S(=O)(=O)c4ccc(F)c(F)c4)CC3)sc2c1. The van der Waals surface area contributed by atoms with Gasteiger partial charge in [-0.05, 0) is 67.3 Å². The summed E-state index contributed by atoms with van der Waals surface area (Å²) in [5, 5.41) is 0.570. The summed E-state index contributed by atoms with van der Waals surface area (Å²) in [6, 6.07) is 14.1. The van der Waals surface area contributed by atoms with Crippen LogP contribution in [0.15, 0.2) is 65.7 Å². The second kappa shape index (κ2) is 10.8. The number of amides is 1. The van der Waals surface area contributed by atoms with Crippen LogP contribution in [-0.4, -0.2) is 41.7 Å². The highest BCUT2D eigenvalue weighted by Gasteiger charge is 2.35. The zero-order valence-corrected chi connectivity index (χ0v) is 22.3. The molecule has 0 atom stereocenters. The van der Waals surface area contributed by atoms with Crippen molar-refractivity contribution in [3.05, 3.63) is 83.7 Å². The van der Waals surface area contributed by atoms with Gasteiger partial charge in [-0.15, -0.1) is 0 Å². The Hall–Kier alpha value is -3.28. The number of sulfonamides is 1. The van der Waals surface area contributed by atoms with Gasteiger partial charge in [-0.2, -0.15) is 4.31 Å². The van der Waals surface area contributed by atoms with Crippen molar-refractivity contribution in [3.8, 4) is 0 Å². The molecule has 1 saturated heterocycles. The number of thiazole rings is 1. The van der Waals surface area contributed by atoms with Crippen molar-refractivity contribution in [2.24, 2.45) is 5.92 Å². The second-order valence-electron chi connectivity index (χ2n) is 9.15. The van der Waals surface area contributed by atoms with Gasteiger partial charge >= 0.3 is 0 Å². The van der Waals surface area contributed by atoms with Crippen LogP contribution in [0.2, 0.25) is 0 Å². The van der Waals surface area contributed by atoms with Gasteiger partial charge in [0.25, 0.3) is 0 Å². The second-order valence-corrected chi connectivity index (χ2v) is 12.1. The van der Waals surface area contributed by atoms with Gasteiger partial charge in [-0.1, -0.05) is 30.4 Å². The first-order chi connectivity index (χ1) is 18.3. The highest BCUT2D eigenvalue weighted by Crippen LogP contribution is 2.33. The number of carbonyl (C=O) groups excluding carboxylic acids is 1. The lowest BCUT2D eigenvalue weighted by Crippen LogP contribution is -2.44. The number of halogens is 2. The summed E-state index contributed by atoms with van der Waals surface area (Å²) in [4.78, 5) is 24.3. The summed E-state index contributed by atoms with van der Waals surface area (Å²) >= 11 is 1.44. The number of anilines is 1. The Bertz CT molecular complexity index is 1570. The molecule has 1 aliphatic rings. The molecule has 0 radical (unpaired) electrons. The largest absolute Gasteiger partial charge is 0.282 e. The predicted octanol–water partition coefficient (Wildman–Crippen LogP) is 5.17. The van der Waals surface area contributed by atoms with Gasteiger partial charge in [0.1, 0.15) is 0 Å². The summed E-state index contributed by atoms with van der Waals surface area (Å²) in [5.41, 5.74) is 2.71. The van der Waals surface area contributed by atoms with E-state index in [0.717, 1.165) is 28.8 Å². The van der Waals surface area contributed by atoms with E-state index in [-0.39, 0.29) is 30.4 Å². The Morgan fingerprint density at radius 1 is 1.08 bits per heavy atom. The van der Waals surface area contributed by atoms with E-state index in [9.17, 15) is 22.0 Å². The van der Waals surface area contributed by atoms with Crippen LogP contribution in [0.4, 0.5) is 13.9 Å². The summed E-state index contributed by atoms with van der Waals surface area (Å²) in [6.07, 6.45) is 3.16. The molecular formula is C27H26F2N4O3S2. The van der Waals surface area contributed by atoms with Gasteiger partial charge < -0.3 is 0 Å². The maximum absolute atomic E-state index is 13.8. The molecular weight excluding hydrogens is 530 g/mol. The number of aryl methyl sites for hydroxylation is 1. The Balaban J connectivity index is 1.37. The van der Waals surface area contributed by atoms with Gasteiger partial charge in [-0.25, -0.2) is 22.2 Å². The molecule has 7 nitrogen and oxygen atoms in total. The molecule has 1 amide bonds.